The van der Waals surface area contributed by atoms with E-state index in [0.29, 0.717) is 16.5 Å². The molecule has 4 N–H and O–H groups in total. The average molecular weight is 311 g/mol. The van der Waals surface area contributed by atoms with E-state index in [1.807, 2.05) is 0 Å². The molecule has 18 heavy (non-hydrogen) atoms. The summed E-state index contributed by atoms with van der Waals surface area (Å²) in [5, 5.41) is 11.7. The van der Waals surface area contributed by atoms with Crippen molar-refractivity contribution in [2.24, 2.45) is 11.5 Å². The molecule has 94 valence electrons. The Hall–Kier alpha value is -1.57. The van der Waals surface area contributed by atoms with Crippen LogP contribution in [0.5, 0.6) is 0 Å². The second kappa shape index (κ2) is 4.97. The highest BCUT2D eigenvalue weighted by atomic mass is 79.9. The van der Waals surface area contributed by atoms with Crippen molar-refractivity contribution < 1.29 is 4.92 Å². The van der Waals surface area contributed by atoms with Gasteiger partial charge in [-0.2, -0.15) is 0 Å². The van der Waals surface area contributed by atoms with Crippen LogP contribution in [0.2, 0.25) is 0 Å². The van der Waals surface area contributed by atoms with Gasteiger partial charge in [-0.15, -0.1) is 0 Å². The zero-order valence-electron chi connectivity index (χ0n) is 9.34. The van der Waals surface area contributed by atoms with Crippen LogP contribution in [-0.4, -0.2) is 16.5 Å². The Morgan fingerprint density at radius 3 is 2.83 bits per heavy atom. The normalized spacial score (nSPS) is 12.6. The fourth-order valence-corrected chi connectivity index (χ4v) is 2.18. The van der Waals surface area contributed by atoms with E-state index in [-0.39, 0.29) is 12.2 Å². The number of pyridine rings is 1. The van der Waals surface area contributed by atoms with E-state index in [9.17, 15) is 10.1 Å². The molecule has 1 aromatic carbocycles. The largest absolute Gasteiger partial charge is 0.329 e. The summed E-state index contributed by atoms with van der Waals surface area (Å²) in [6.45, 7) is 0.135. The molecule has 1 atom stereocenters. The Morgan fingerprint density at radius 2 is 2.22 bits per heavy atom. The van der Waals surface area contributed by atoms with Crippen LogP contribution in [0.25, 0.3) is 10.9 Å². The molecule has 0 bridgehead atoms. The van der Waals surface area contributed by atoms with Gasteiger partial charge in [0.15, 0.2) is 0 Å². The summed E-state index contributed by atoms with van der Waals surface area (Å²) in [5.74, 6) is 0. The number of hydrogen-bond acceptors (Lipinski definition) is 5. The SMILES string of the molecule is NCC(N)c1c([N+](=O)[O-])cnc2cc(Br)ccc12. The molecule has 1 heterocycles. The van der Waals surface area contributed by atoms with E-state index in [4.69, 9.17) is 11.5 Å². The lowest BCUT2D eigenvalue weighted by molar-refractivity contribution is -0.385. The standard InChI is InChI=1S/C11H11BrN4O2/c12-6-1-2-7-9(3-6)15-5-10(16(17)18)11(7)8(14)4-13/h1-3,5,8H,4,13-14H2. The summed E-state index contributed by atoms with van der Waals surface area (Å²) in [6.07, 6.45) is 1.22. The van der Waals surface area contributed by atoms with Crippen LogP contribution in [-0.2, 0) is 0 Å². The van der Waals surface area contributed by atoms with Crippen LogP contribution in [0.3, 0.4) is 0 Å². The maximum Gasteiger partial charge on any atom is 0.292 e. The number of nitro groups is 1. The van der Waals surface area contributed by atoms with Gasteiger partial charge in [0.1, 0.15) is 6.20 Å². The van der Waals surface area contributed by atoms with Crippen molar-refractivity contribution in [2.45, 2.75) is 6.04 Å². The van der Waals surface area contributed by atoms with E-state index in [1.165, 1.54) is 6.20 Å². The first-order valence-corrected chi connectivity index (χ1v) is 6.02. The topological polar surface area (TPSA) is 108 Å². The van der Waals surface area contributed by atoms with Gasteiger partial charge in [0.2, 0.25) is 0 Å². The lowest BCUT2D eigenvalue weighted by Crippen LogP contribution is -2.22. The van der Waals surface area contributed by atoms with Crippen LogP contribution >= 0.6 is 15.9 Å². The summed E-state index contributed by atoms with van der Waals surface area (Å²) in [7, 11) is 0. The van der Waals surface area contributed by atoms with Crippen molar-refractivity contribution in [3.8, 4) is 0 Å². The first kappa shape index (κ1) is 12.9. The van der Waals surface area contributed by atoms with E-state index < -0.39 is 11.0 Å². The zero-order valence-corrected chi connectivity index (χ0v) is 10.9. The van der Waals surface area contributed by atoms with Crippen LogP contribution < -0.4 is 11.5 Å². The average Bonchev–Trinajstić information content (AvgIpc) is 2.35. The van der Waals surface area contributed by atoms with Crippen LogP contribution in [0.4, 0.5) is 5.69 Å². The van der Waals surface area contributed by atoms with Gasteiger partial charge in [0.05, 0.1) is 16.0 Å². The molecule has 2 aromatic rings. The molecule has 7 heteroatoms. The maximum atomic E-state index is 11.0. The predicted molar refractivity (Wildman–Crippen MR) is 72.1 cm³/mol. The molecular formula is C11H11BrN4O2. The van der Waals surface area contributed by atoms with Crippen molar-refractivity contribution in [1.82, 2.24) is 4.98 Å². The lowest BCUT2D eigenvalue weighted by Gasteiger charge is -2.12. The van der Waals surface area contributed by atoms with Gasteiger partial charge in [0, 0.05) is 22.4 Å². The molecule has 6 nitrogen and oxygen atoms in total. The molecule has 1 unspecified atom stereocenters. The molecule has 0 aliphatic carbocycles. The first-order valence-electron chi connectivity index (χ1n) is 5.22. The summed E-state index contributed by atoms with van der Waals surface area (Å²) in [5.41, 5.74) is 12.4. The number of nitrogens with zero attached hydrogens (tertiary/aromatic N) is 2. The number of hydrogen-bond donors (Lipinski definition) is 2. The molecule has 0 aliphatic heterocycles. The molecule has 0 spiro atoms. The molecule has 0 aliphatic rings. The quantitative estimate of drug-likeness (QED) is 0.664. The molecule has 0 saturated heterocycles. The van der Waals surface area contributed by atoms with Gasteiger partial charge < -0.3 is 11.5 Å². The minimum Gasteiger partial charge on any atom is -0.329 e. The third-order valence-corrected chi connectivity index (χ3v) is 3.17. The number of aromatic nitrogens is 1. The number of halogens is 1. The predicted octanol–water partition coefficient (Wildman–Crippen LogP) is 1.86. The fourth-order valence-electron chi connectivity index (χ4n) is 1.83. The molecule has 0 amide bonds. The Morgan fingerprint density at radius 1 is 1.50 bits per heavy atom. The molecule has 0 radical (unpaired) electrons. The zero-order chi connectivity index (χ0) is 13.3. The van der Waals surface area contributed by atoms with Gasteiger partial charge in [0.25, 0.3) is 5.69 Å². The van der Waals surface area contributed by atoms with Gasteiger partial charge in [-0.1, -0.05) is 22.0 Å². The molecule has 2 rings (SSSR count). The minimum absolute atomic E-state index is 0.0947. The molecule has 1 aromatic heterocycles. The number of nitrogens with two attached hydrogens (primary N) is 2. The molecule has 0 saturated carbocycles. The molecular weight excluding hydrogens is 300 g/mol. The Balaban J connectivity index is 2.80. The van der Waals surface area contributed by atoms with Crippen molar-refractivity contribution in [3.63, 3.8) is 0 Å². The van der Waals surface area contributed by atoms with Crippen molar-refractivity contribution in [3.05, 3.63) is 44.5 Å². The van der Waals surface area contributed by atoms with Gasteiger partial charge in [-0.3, -0.25) is 10.1 Å². The number of rotatable bonds is 3. The third-order valence-electron chi connectivity index (χ3n) is 2.67. The van der Waals surface area contributed by atoms with Crippen molar-refractivity contribution >= 4 is 32.5 Å². The number of fused-ring (bicyclic) bond motifs is 1. The smallest absolute Gasteiger partial charge is 0.292 e. The first-order chi connectivity index (χ1) is 8.54. The Kier molecular flexibility index (Phi) is 3.55. The summed E-state index contributed by atoms with van der Waals surface area (Å²) in [4.78, 5) is 14.6. The van der Waals surface area contributed by atoms with Crippen LogP contribution in [0.1, 0.15) is 11.6 Å². The highest BCUT2D eigenvalue weighted by molar-refractivity contribution is 9.10. The lowest BCUT2D eigenvalue weighted by atomic mass is 10.0. The fraction of sp³-hybridized carbons (Fsp3) is 0.182. The summed E-state index contributed by atoms with van der Waals surface area (Å²) < 4.78 is 0.851. The van der Waals surface area contributed by atoms with Gasteiger partial charge in [-0.25, -0.2) is 4.98 Å². The van der Waals surface area contributed by atoms with E-state index in [0.717, 1.165) is 4.47 Å². The van der Waals surface area contributed by atoms with Gasteiger partial charge >= 0.3 is 0 Å². The minimum atomic E-state index is -0.586. The van der Waals surface area contributed by atoms with E-state index >= 15 is 0 Å². The maximum absolute atomic E-state index is 11.0. The van der Waals surface area contributed by atoms with E-state index in [2.05, 4.69) is 20.9 Å². The number of benzene rings is 1. The highest BCUT2D eigenvalue weighted by Gasteiger charge is 2.22. The monoisotopic (exact) mass is 310 g/mol. The Labute approximate surface area is 111 Å². The van der Waals surface area contributed by atoms with Gasteiger partial charge in [-0.05, 0) is 12.1 Å². The molecule has 0 fully saturated rings. The second-order valence-electron chi connectivity index (χ2n) is 3.82. The Bertz CT molecular complexity index is 617. The van der Waals surface area contributed by atoms with Crippen LogP contribution in [0.15, 0.2) is 28.9 Å². The third kappa shape index (κ3) is 2.20. The van der Waals surface area contributed by atoms with E-state index in [1.54, 1.807) is 18.2 Å². The highest BCUT2D eigenvalue weighted by Crippen LogP contribution is 2.31. The summed E-state index contributed by atoms with van der Waals surface area (Å²) in [6, 6.07) is 4.74. The second-order valence-corrected chi connectivity index (χ2v) is 4.73. The van der Waals surface area contributed by atoms with Crippen molar-refractivity contribution in [2.75, 3.05) is 6.54 Å². The van der Waals surface area contributed by atoms with Crippen LogP contribution in [0, 0.1) is 10.1 Å². The summed E-state index contributed by atoms with van der Waals surface area (Å²) >= 11 is 3.33. The van der Waals surface area contributed by atoms with Crippen molar-refractivity contribution in [1.29, 1.82) is 0 Å².